The van der Waals surface area contributed by atoms with Gasteiger partial charge in [0.05, 0.1) is 0 Å². The minimum Gasteiger partial charge on any atom is -0.371 e. The number of carbonyl (C=O) groups excluding carboxylic acids is 1. The van der Waals surface area contributed by atoms with E-state index in [1.54, 1.807) is 0 Å². The van der Waals surface area contributed by atoms with Gasteiger partial charge < -0.3 is 15.5 Å². The number of hydrogen-bond donors (Lipinski definition) is 1. The summed E-state index contributed by atoms with van der Waals surface area (Å²) in [6.45, 7) is 4.80. The largest absolute Gasteiger partial charge is 0.371 e. The zero-order valence-corrected chi connectivity index (χ0v) is 11.9. The van der Waals surface area contributed by atoms with Crippen LogP contribution in [-0.2, 0) is 0 Å². The summed E-state index contributed by atoms with van der Waals surface area (Å²) in [4.78, 5) is 16.2. The van der Waals surface area contributed by atoms with Crippen molar-refractivity contribution in [3.63, 3.8) is 0 Å². The topological polar surface area (TPSA) is 49.6 Å². The molecule has 1 aromatic rings. The molecule has 20 heavy (non-hydrogen) atoms. The van der Waals surface area contributed by atoms with Gasteiger partial charge in [-0.15, -0.1) is 0 Å². The van der Waals surface area contributed by atoms with Crippen LogP contribution < -0.4 is 10.6 Å². The summed E-state index contributed by atoms with van der Waals surface area (Å²) in [6.07, 6.45) is 5.23. The van der Waals surface area contributed by atoms with Crippen LogP contribution >= 0.6 is 0 Å². The van der Waals surface area contributed by atoms with Gasteiger partial charge in [0.1, 0.15) is 0 Å². The first kappa shape index (κ1) is 13.4. The molecule has 2 saturated heterocycles. The average molecular weight is 273 g/mol. The fraction of sp³-hybridized carbons (Fsp3) is 0.562. The quantitative estimate of drug-likeness (QED) is 0.914. The van der Waals surface area contributed by atoms with E-state index in [2.05, 4.69) is 9.80 Å². The Labute approximate surface area is 120 Å². The number of nitrogens with zero attached hydrogens (tertiary/aromatic N) is 2. The maximum absolute atomic E-state index is 11.1. The number of likely N-dealkylation sites (tertiary alicyclic amines) is 1. The molecule has 2 fully saturated rings. The molecule has 2 N–H and O–H groups in total. The molecule has 0 unspecified atom stereocenters. The van der Waals surface area contributed by atoms with E-state index in [0.29, 0.717) is 5.56 Å². The summed E-state index contributed by atoms with van der Waals surface area (Å²) in [5.41, 5.74) is 7.06. The fourth-order valence-electron chi connectivity index (χ4n) is 3.43. The molecule has 2 aliphatic rings. The summed E-state index contributed by atoms with van der Waals surface area (Å²) in [5, 5.41) is 0. The van der Waals surface area contributed by atoms with Gasteiger partial charge >= 0.3 is 0 Å². The van der Waals surface area contributed by atoms with Crippen LogP contribution in [0.1, 0.15) is 36.0 Å². The molecule has 0 aromatic heterocycles. The molecule has 108 valence electrons. The number of amides is 1. The lowest BCUT2D eigenvalue weighted by atomic mass is 10.0. The standard InChI is InChI=1S/C16H23N3O/c17-16(20)13-3-5-14(6-4-13)19-11-7-15(8-12-19)18-9-1-2-10-18/h3-6,15H,1-2,7-12H2,(H2,17,20). The molecule has 1 aromatic carbocycles. The number of anilines is 1. The van der Waals surface area contributed by atoms with Crippen molar-refractivity contribution in [3.05, 3.63) is 29.8 Å². The number of benzene rings is 1. The van der Waals surface area contributed by atoms with Crippen molar-refractivity contribution in [3.8, 4) is 0 Å². The molecule has 0 atom stereocenters. The number of hydrogen-bond acceptors (Lipinski definition) is 3. The van der Waals surface area contributed by atoms with Gasteiger partial charge in [-0.1, -0.05) is 0 Å². The Morgan fingerprint density at radius 2 is 1.60 bits per heavy atom. The second kappa shape index (κ2) is 5.83. The summed E-state index contributed by atoms with van der Waals surface area (Å²) < 4.78 is 0. The van der Waals surface area contributed by atoms with Crippen molar-refractivity contribution >= 4 is 11.6 Å². The van der Waals surface area contributed by atoms with Gasteiger partial charge in [-0.3, -0.25) is 4.79 Å². The lowest BCUT2D eigenvalue weighted by Gasteiger charge is -2.37. The van der Waals surface area contributed by atoms with Gasteiger partial charge in [0.2, 0.25) is 5.91 Å². The number of piperidine rings is 1. The van der Waals surface area contributed by atoms with E-state index in [9.17, 15) is 4.79 Å². The van der Waals surface area contributed by atoms with E-state index >= 15 is 0 Å². The maximum Gasteiger partial charge on any atom is 0.248 e. The number of nitrogens with two attached hydrogens (primary N) is 1. The third-order valence-electron chi connectivity index (χ3n) is 4.64. The van der Waals surface area contributed by atoms with Gasteiger partial charge in [-0.05, 0) is 63.0 Å². The van der Waals surface area contributed by atoms with Crippen LogP contribution in [0.25, 0.3) is 0 Å². The highest BCUT2D eigenvalue weighted by Crippen LogP contribution is 2.25. The van der Waals surface area contributed by atoms with Crippen LogP contribution in [-0.4, -0.2) is 43.0 Å². The number of rotatable bonds is 3. The van der Waals surface area contributed by atoms with Gasteiger partial charge in [-0.25, -0.2) is 0 Å². The number of carbonyl (C=O) groups is 1. The van der Waals surface area contributed by atoms with E-state index in [4.69, 9.17) is 5.73 Å². The predicted molar refractivity (Wildman–Crippen MR) is 81.0 cm³/mol. The smallest absolute Gasteiger partial charge is 0.248 e. The summed E-state index contributed by atoms with van der Waals surface area (Å²) in [7, 11) is 0. The Hall–Kier alpha value is -1.55. The molecule has 0 bridgehead atoms. The van der Waals surface area contributed by atoms with E-state index < -0.39 is 0 Å². The predicted octanol–water partition coefficient (Wildman–Crippen LogP) is 1.85. The Bertz CT molecular complexity index is 457. The molecule has 2 heterocycles. The average Bonchev–Trinajstić information content (AvgIpc) is 3.02. The monoisotopic (exact) mass is 273 g/mol. The zero-order chi connectivity index (χ0) is 13.9. The second-order valence-electron chi connectivity index (χ2n) is 5.87. The van der Waals surface area contributed by atoms with Crippen LogP contribution in [0.5, 0.6) is 0 Å². The van der Waals surface area contributed by atoms with E-state index in [1.165, 1.54) is 44.5 Å². The molecule has 2 aliphatic heterocycles. The lowest BCUT2D eigenvalue weighted by Crippen LogP contribution is -2.43. The van der Waals surface area contributed by atoms with E-state index in [0.717, 1.165) is 19.1 Å². The van der Waals surface area contributed by atoms with Crippen LogP contribution in [0.2, 0.25) is 0 Å². The Morgan fingerprint density at radius 3 is 2.15 bits per heavy atom. The molecule has 0 aliphatic carbocycles. The Morgan fingerprint density at radius 1 is 1.00 bits per heavy atom. The van der Waals surface area contributed by atoms with Crippen molar-refractivity contribution in [2.45, 2.75) is 31.7 Å². The Kier molecular flexibility index (Phi) is 3.92. The maximum atomic E-state index is 11.1. The van der Waals surface area contributed by atoms with Gasteiger partial charge in [-0.2, -0.15) is 0 Å². The highest BCUT2D eigenvalue weighted by molar-refractivity contribution is 5.93. The normalized spacial score (nSPS) is 21.3. The van der Waals surface area contributed by atoms with Crippen LogP contribution in [0.4, 0.5) is 5.69 Å². The molecule has 0 saturated carbocycles. The minimum absolute atomic E-state index is 0.357. The molecule has 4 nitrogen and oxygen atoms in total. The number of primary amides is 1. The summed E-state index contributed by atoms with van der Waals surface area (Å²) >= 11 is 0. The third-order valence-corrected chi connectivity index (χ3v) is 4.64. The van der Waals surface area contributed by atoms with Crippen molar-refractivity contribution in [2.24, 2.45) is 5.73 Å². The second-order valence-corrected chi connectivity index (χ2v) is 5.87. The Balaban J connectivity index is 1.58. The first-order chi connectivity index (χ1) is 9.74. The van der Waals surface area contributed by atoms with Gasteiger partial charge in [0.25, 0.3) is 0 Å². The van der Waals surface area contributed by atoms with Crippen molar-refractivity contribution in [2.75, 3.05) is 31.1 Å². The summed E-state index contributed by atoms with van der Waals surface area (Å²) in [5.74, 6) is -0.357. The van der Waals surface area contributed by atoms with E-state index in [-0.39, 0.29) is 5.91 Å². The highest BCUT2D eigenvalue weighted by atomic mass is 16.1. The molecule has 1 amide bonds. The van der Waals surface area contributed by atoms with Gasteiger partial charge in [0, 0.05) is 30.4 Å². The zero-order valence-electron chi connectivity index (χ0n) is 11.9. The van der Waals surface area contributed by atoms with Crippen LogP contribution in [0.3, 0.4) is 0 Å². The van der Waals surface area contributed by atoms with Gasteiger partial charge in [0.15, 0.2) is 0 Å². The lowest BCUT2D eigenvalue weighted by molar-refractivity contribution is 0.100. The first-order valence-corrected chi connectivity index (χ1v) is 7.63. The highest BCUT2D eigenvalue weighted by Gasteiger charge is 2.26. The van der Waals surface area contributed by atoms with Crippen molar-refractivity contribution in [1.82, 2.24) is 4.90 Å². The van der Waals surface area contributed by atoms with E-state index in [1.807, 2.05) is 24.3 Å². The van der Waals surface area contributed by atoms with Crippen LogP contribution in [0, 0.1) is 0 Å². The third kappa shape index (κ3) is 2.80. The molecule has 4 heteroatoms. The molecule has 3 rings (SSSR count). The summed E-state index contributed by atoms with van der Waals surface area (Å²) in [6, 6.07) is 8.44. The molecule has 0 spiro atoms. The fourth-order valence-corrected chi connectivity index (χ4v) is 3.43. The molecular formula is C16H23N3O. The van der Waals surface area contributed by atoms with Crippen molar-refractivity contribution in [1.29, 1.82) is 0 Å². The SMILES string of the molecule is NC(=O)c1ccc(N2CCC(N3CCCC3)CC2)cc1. The van der Waals surface area contributed by atoms with Crippen LogP contribution in [0.15, 0.2) is 24.3 Å². The van der Waals surface area contributed by atoms with Crippen molar-refractivity contribution < 1.29 is 4.79 Å². The first-order valence-electron chi connectivity index (χ1n) is 7.63. The minimum atomic E-state index is -0.357. The molecule has 0 radical (unpaired) electrons. The molecular weight excluding hydrogens is 250 g/mol.